The number of para-hydroxylation sites is 1. The van der Waals surface area contributed by atoms with Gasteiger partial charge in [0.1, 0.15) is 5.75 Å². The highest BCUT2D eigenvalue weighted by molar-refractivity contribution is 5.45. The van der Waals surface area contributed by atoms with Crippen LogP contribution in [0.1, 0.15) is 43.4 Å². The zero-order valence-electron chi connectivity index (χ0n) is 12.0. The second-order valence-corrected chi connectivity index (χ2v) is 4.56. The van der Waals surface area contributed by atoms with Crippen molar-refractivity contribution in [2.45, 2.75) is 33.1 Å². The minimum atomic E-state index is 0.405. The summed E-state index contributed by atoms with van der Waals surface area (Å²) in [6.07, 6.45) is 0.995. The first-order valence-electron chi connectivity index (χ1n) is 7.16. The molecule has 1 nitrogen and oxygen atoms in total. The second kappa shape index (κ2) is 6.42. The van der Waals surface area contributed by atoms with E-state index in [1.54, 1.807) is 0 Å². The first-order valence-corrected chi connectivity index (χ1v) is 7.16. The van der Waals surface area contributed by atoms with Gasteiger partial charge in [-0.2, -0.15) is 0 Å². The SMILES string of the molecule is CC.CC1c2ccccc2CCOc2ccccc21. The zero-order chi connectivity index (χ0) is 13.7. The van der Waals surface area contributed by atoms with Crippen LogP contribution in [0.4, 0.5) is 0 Å². The maximum atomic E-state index is 5.86. The largest absolute Gasteiger partial charge is 0.493 e. The molecule has 1 unspecified atom stereocenters. The highest BCUT2D eigenvalue weighted by Gasteiger charge is 2.18. The van der Waals surface area contributed by atoms with Gasteiger partial charge in [0.15, 0.2) is 0 Å². The number of benzene rings is 2. The van der Waals surface area contributed by atoms with Gasteiger partial charge in [-0.05, 0) is 17.2 Å². The van der Waals surface area contributed by atoms with Crippen molar-refractivity contribution in [1.29, 1.82) is 0 Å². The van der Waals surface area contributed by atoms with Crippen LogP contribution in [0, 0.1) is 0 Å². The Morgan fingerprint density at radius 1 is 0.895 bits per heavy atom. The maximum Gasteiger partial charge on any atom is 0.123 e. The lowest BCUT2D eigenvalue weighted by Crippen LogP contribution is -2.12. The van der Waals surface area contributed by atoms with E-state index in [2.05, 4.69) is 49.4 Å². The van der Waals surface area contributed by atoms with Gasteiger partial charge in [-0.1, -0.05) is 63.2 Å². The van der Waals surface area contributed by atoms with Gasteiger partial charge >= 0.3 is 0 Å². The Bertz CT molecular complexity index is 483. The van der Waals surface area contributed by atoms with E-state index in [0.717, 1.165) is 18.8 Å². The molecule has 0 saturated carbocycles. The van der Waals surface area contributed by atoms with E-state index in [9.17, 15) is 0 Å². The normalized spacial score (nSPS) is 16.7. The summed E-state index contributed by atoms with van der Waals surface area (Å²) in [5.74, 6) is 1.44. The minimum Gasteiger partial charge on any atom is -0.493 e. The maximum absolute atomic E-state index is 5.86. The van der Waals surface area contributed by atoms with E-state index in [1.165, 1.54) is 16.7 Å². The molecule has 1 aliphatic rings. The molecule has 1 heterocycles. The minimum absolute atomic E-state index is 0.405. The summed E-state index contributed by atoms with van der Waals surface area (Å²) in [5.41, 5.74) is 4.14. The number of hydrogen-bond acceptors (Lipinski definition) is 1. The number of hydrogen-bond donors (Lipinski definition) is 0. The molecule has 0 saturated heterocycles. The molecule has 3 rings (SSSR count). The first-order chi connectivity index (χ1) is 9.36. The van der Waals surface area contributed by atoms with Crippen molar-refractivity contribution < 1.29 is 4.74 Å². The van der Waals surface area contributed by atoms with Crippen LogP contribution in [0.15, 0.2) is 48.5 Å². The molecule has 2 aromatic carbocycles. The fourth-order valence-electron chi connectivity index (χ4n) is 2.59. The van der Waals surface area contributed by atoms with Crippen LogP contribution >= 0.6 is 0 Å². The fraction of sp³-hybridized carbons (Fsp3) is 0.333. The van der Waals surface area contributed by atoms with Gasteiger partial charge in [-0.3, -0.25) is 0 Å². The third-order valence-electron chi connectivity index (χ3n) is 3.54. The topological polar surface area (TPSA) is 9.23 Å². The van der Waals surface area contributed by atoms with Crippen LogP contribution in [0.3, 0.4) is 0 Å². The molecule has 0 fully saturated rings. The van der Waals surface area contributed by atoms with Crippen molar-refractivity contribution in [3.05, 3.63) is 65.2 Å². The van der Waals surface area contributed by atoms with E-state index in [1.807, 2.05) is 19.9 Å². The van der Waals surface area contributed by atoms with Crippen LogP contribution in [-0.2, 0) is 6.42 Å². The number of ether oxygens (including phenoxy) is 1. The Balaban J connectivity index is 0.000000637. The molecule has 2 aromatic rings. The van der Waals surface area contributed by atoms with Gasteiger partial charge in [0.05, 0.1) is 6.61 Å². The molecular weight excluding hydrogens is 232 g/mol. The van der Waals surface area contributed by atoms with Crippen LogP contribution < -0.4 is 4.74 Å². The molecule has 19 heavy (non-hydrogen) atoms. The summed E-state index contributed by atoms with van der Waals surface area (Å²) in [5, 5.41) is 0. The van der Waals surface area contributed by atoms with Crippen molar-refractivity contribution in [2.24, 2.45) is 0 Å². The molecule has 1 heteroatoms. The summed E-state index contributed by atoms with van der Waals surface area (Å²) in [6, 6.07) is 17.1. The van der Waals surface area contributed by atoms with Gasteiger partial charge in [-0.25, -0.2) is 0 Å². The molecular formula is C18H22O. The highest BCUT2D eigenvalue weighted by Crippen LogP contribution is 2.34. The molecule has 0 amide bonds. The third-order valence-corrected chi connectivity index (χ3v) is 3.54. The summed E-state index contributed by atoms with van der Waals surface area (Å²) < 4.78 is 5.86. The summed E-state index contributed by atoms with van der Waals surface area (Å²) in [4.78, 5) is 0. The molecule has 1 atom stereocenters. The Morgan fingerprint density at radius 3 is 2.32 bits per heavy atom. The van der Waals surface area contributed by atoms with Crippen molar-refractivity contribution in [3.8, 4) is 5.75 Å². The smallest absolute Gasteiger partial charge is 0.123 e. The molecule has 0 bridgehead atoms. The lowest BCUT2D eigenvalue weighted by atomic mass is 9.87. The summed E-state index contributed by atoms with van der Waals surface area (Å²) in [6.45, 7) is 7.02. The van der Waals surface area contributed by atoms with Gasteiger partial charge in [0, 0.05) is 17.9 Å². The Morgan fingerprint density at radius 2 is 1.53 bits per heavy atom. The van der Waals surface area contributed by atoms with Gasteiger partial charge in [0.2, 0.25) is 0 Å². The first kappa shape index (κ1) is 13.7. The van der Waals surface area contributed by atoms with Crippen LogP contribution in [0.5, 0.6) is 5.75 Å². The van der Waals surface area contributed by atoms with E-state index in [4.69, 9.17) is 4.74 Å². The Kier molecular flexibility index (Phi) is 4.62. The quantitative estimate of drug-likeness (QED) is 0.656. The molecule has 0 spiro atoms. The van der Waals surface area contributed by atoms with Crippen molar-refractivity contribution in [1.82, 2.24) is 0 Å². The molecule has 1 aliphatic heterocycles. The van der Waals surface area contributed by atoms with Gasteiger partial charge in [-0.15, -0.1) is 0 Å². The van der Waals surface area contributed by atoms with Crippen LogP contribution in [0.2, 0.25) is 0 Å². The molecule has 0 N–H and O–H groups in total. The van der Waals surface area contributed by atoms with Crippen molar-refractivity contribution in [2.75, 3.05) is 6.61 Å². The highest BCUT2D eigenvalue weighted by atomic mass is 16.5. The lowest BCUT2D eigenvalue weighted by molar-refractivity contribution is 0.314. The Hall–Kier alpha value is -1.76. The molecule has 0 radical (unpaired) electrons. The van der Waals surface area contributed by atoms with E-state index >= 15 is 0 Å². The van der Waals surface area contributed by atoms with E-state index in [-0.39, 0.29) is 0 Å². The monoisotopic (exact) mass is 254 g/mol. The lowest BCUT2D eigenvalue weighted by Gasteiger charge is -2.23. The third kappa shape index (κ3) is 2.81. The fourth-order valence-corrected chi connectivity index (χ4v) is 2.59. The van der Waals surface area contributed by atoms with Gasteiger partial charge < -0.3 is 4.74 Å². The summed E-state index contributed by atoms with van der Waals surface area (Å²) >= 11 is 0. The zero-order valence-corrected chi connectivity index (χ0v) is 12.0. The predicted molar refractivity (Wildman–Crippen MR) is 80.9 cm³/mol. The van der Waals surface area contributed by atoms with Crippen molar-refractivity contribution >= 4 is 0 Å². The average molecular weight is 254 g/mol. The van der Waals surface area contributed by atoms with E-state index in [0.29, 0.717) is 5.92 Å². The standard InChI is InChI=1S/C16H16O.C2H6/c1-12-14-7-3-2-6-13(14)10-11-17-16-9-5-4-8-15(12)16;1-2/h2-9,12H,10-11H2,1H3;1-2H3. The Labute approximate surface area is 116 Å². The molecule has 100 valence electrons. The van der Waals surface area contributed by atoms with Crippen LogP contribution in [0.25, 0.3) is 0 Å². The van der Waals surface area contributed by atoms with Crippen LogP contribution in [-0.4, -0.2) is 6.61 Å². The molecule has 0 aliphatic carbocycles. The number of rotatable bonds is 0. The second-order valence-electron chi connectivity index (χ2n) is 4.56. The number of fused-ring (bicyclic) bond motifs is 2. The van der Waals surface area contributed by atoms with Crippen molar-refractivity contribution in [3.63, 3.8) is 0 Å². The predicted octanol–water partition coefficient (Wildman–Crippen LogP) is 4.80. The molecule has 0 aromatic heterocycles. The van der Waals surface area contributed by atoms with Gasteiger partial charge in [0.25, 0.3) is 0 Å². The summed E-state index contributed by atoms with van der Waals surface area (Å²) in [7, 11) is 0. The average Bonchev–Trinajstić information content (AvgIpc) is 2.48. The van der Waals surface area contributed by atoms with E-state index < -0.39 is 0 Å².